The summed E-state index contributed by atoms with van der Waals surface area (Å²) in [5, 5.41) is 7.94. The molecule has 0 radical (unpaired) electrons. The van der Waals surface area contributed by atoms with Crippen molar-refractivity contribution < 1.29 is 0 Å². The van der Waals surface area contributed by atoms with Crippen molar-refractivity contribution in [2.24, 2.45) is 0 Å². The third kappa shape index (κ3) is 3.33. The zero-order valence-electron chi connectivity index (χ0n) is 16.5. The predicted octanol–water partition coefficient (Wildman–Crippen LogP) is 4.01. The molecule has 3 heterocycles. The van der Waals surface area contributed by atoms with Gasteiger partial charge in [-0.1, -0.05) is 12.8 Å². The molecule has 6 heteroatoms. The maximum Gasteiger partial charge on any atom is 0.229 e. The van der Waals surface area contributed by atoms with E-state index in [4.69, 9.17) is 4.98 Å². The van der Waals surface area contributed by atoms with Crippen molar-refractivity contribution in [2.75, 3.05) is 36.4 Å². The lowest BCUT2D eigenvalue weighted by Gasteiger charge is -2.29. The average Bonchev–Trinajstić information content (AvgIpc) is 3.37. The third-order valence-corrected chi connectivity index (χ3v) is 6.09. The topological polar surface area (TPSA) is 58.0 Å². The van der Waals surface area contributed by atoms with Crippen LogP contribution in [0.1, 0.15) is 37.3 Å². The summed E-state index contributed by atoms with van der Waals surface area (Å²) in [7, 11) is 0. The fourth-order valence-corrected chi connectivity index (χ4v) is 4.52. The molecule has 2 N–H and O–H groups in total. The molecule has 0 unspecified atom stereocenters. The van der Waals surface area contributed by atoms with E-state index < -0.39 is 0 Å². The van der Waals surface area contributed by atoms with E-state index in [9.17, 15) is 0 Å². The Bertz CT molecular complexity index is 949. The van der Waals surface area contributed by atoms with Crippen LogP contribution in [0.25, 0.3) is 11.0 Å². The Balaban J connectivity index is 1.38. The highest BCUT2D eigenvalue weighted by Crippen LogP contribution is 2.33. The monoisotopic (exact) mass is 376 g/mol. The molecule has 5 rings (SSSR count). The number of rotatable bonds is 4. The van der Waals surface area contributed by atoms with Crippen molar-refractivity contribution in [3.05, 3.63) is 42.2 Å². The van der Waals surface area contributed by atoms with E-state index in [0.717, 1.165) is 42.9 Å². The molecule has 2 fully saturated rings. The molecule has 1 aromatic carbocycles. The number of hydrogen-bond donors (Lipinski definition) is 2. The van der Waals surface area contributed by atoms with Gasteiger partial charge in [0.2, 0.25) is 5.95 Å². The van der Waals surface area contributed by atoms with Crippen LogP contribution in [0, 0.1) is 6.92 Å². The molecule has 1 aliphatic heterocycles. The second-order valence-electron chi connectivity index (χ2n) is 8.00. The second-order valence-corrected chi connectivity index (χ2v) is 8.00. The highest BCUT2D eigenvalue weighted by Gasteiger charge is 2.20. The minimum absolute atomic E-state index is 0.581. The van der Waals surface area contributed by atoms with Crippen LogP contribution < -0.4 is 15.5 Å². The molecule has 0 spiro atoms. The molecule has 0 amide bonds. The maximum atomic E-state index is 4.87. The Morgan fingerprint density at radius 2 is 1.82 bits per heavy atom. The molecular formula is C22H28N6. The van der Waals surface area contributed by atoms with Gasteiger partial charge in [0, 0.05) is 61.4 Å². The fourth-order valence-electron chi connectivity index (χ4n) is 4.52. The quantitative estimate of drug-likeness (QED) is 0.721. The van der Waals surface area contributed by atoms with E-state index in [2.05, 4.69) is 62.5 Å². The Kier molecular flexibility index (Phi) is 4.64. The Hall–Kier alpha value is -2.60. The van der Waals surface area contributed by atoms with Crippen LogP contribution in [0.15, 0.2) is 36.7 Å². The highest BCUT2D eigenvalue weighted by atomic mass is 15.2. The summed E-state index contributed by atoms with van der Waals surface area (Å²) in [5.41, 5.74) is 4.61. The predicted molar refractivity (Wildman–Crippen MR) is 115 cm³/mol. The lowest BCUT2D eigenvalue weighted by Crippen LogP contribution is -2.43. The van der Waals surface area contributed by atoms with Crippen molar-refractivity contribution in [3.63, 3.8) is 0 Å². The standard InChI is InChI=1S/C22H28N6/c1-16-15-28(19-4-2-3-5-19)21-20(16)14-24-22(26-21)25-17-6-8-18(9-7-17)27-12-10-23-11-13-27/h6-9,14-15,19,23H,2-5,10-13H2,1H3,(H,24,25,26). The van der Waals surface area contributed by atoms with Crippen molar-refractivity contribution >= 4 is 28.4 Å². The van der Waals surface area contributed by atoms with Gasteiger partial charge in [0.25, 0.3) is 0 Å². The first-order chi connectivity index (χ1) is 13.8. The van der Waals surface area contributed by atoms with Gasteiger partial charge < -0.3 is 20.1 Å². The number of fused-ring (bicyclic) bond motifs is 1. The number of nitrogens with zero attached hydrogens (tertiary/aromatic N) is 4. The Morgan fingerprint density at radius 3 is 2.57 bits per heavy atom. The van der Waals surface area contributed by atoms with Gasteiger partial charge in [-0.2, -0.15) is 4.98 Å². The summed E-state index contributed by atoms with van der Waals surface area (Å²) >= 11 is 0. The van der Waals surface area contributed by atoms with Gasteiger partial charge in [0.05, 0.1) is 0 Å². The van der Waals surface area contributed by atoms with E-state index in [1.807, 2.05) is 6.20 Å². The van der Waals surface area contributed by atoms with Crippen LogP contribution in [0.3, 0.4) is 0 Å². The van der Waals surface area contributed by atoms with Gasteiger partial charge in [-0.15, -0.1) is 0 Å². The SMILES string of the molecule is Cc1cn(C2CCCC2)c2nc(Nc3ccc(N4CCNCC4)cc3)ncc12. The number of aryl methyl sites for hydroxylation is 1. The minimum Gasteiger partial charge on any atom is -0.369 e. The average molecular weight is 377 g/mol. The van der Waals surface area contributed by atoms with Crippen molar-refractivity contribution in [1.29, 1.82) is 0 Å². The van der Waals surface area contributed by atoms with E-state index in [-0.39, 0.29) is 0 Å². The molecule has 6 nitrogen and oxygen atoms in total. The van der Waals surface area contributed by atoms with Gasteiger partial charge in [0.1, 0.15) is 5.65 Å². The van der Waals surface area contributed by atoms with Crippen LogP contribution >= 0.6 is 0 Å². The number of benzene rings is 1. The summed E-state index contributed by atoms with van der Waals surface area (Å²) in [4.78, 5) is 11.8. The van der Waals surface area contributed by atoms with Gasteiger partial charge in [0.15, 0.2) is 0 Å². The van der Waals surface area contributed by atoms with Gasteiger partial charge >= 0.3 is 0 Å². The lowest BCUT2D eigenvalue weighted by molar-refractivity contribution is 0.532. The molecule has 1 aliphatic carbocycles. The molecule has 2 aromatic heterocycles. The Morgan fingerprint density at radius 1 is 1.07 bits per heavy atom. The number of nitrogens with one attached hydrogen (secondary N) is 2. The molecule has 0 atom stereocenters. The smallest absolute Gasteiger partial charge is 0.229 e. The third-order valence-electron chi connectivity index (χ3n) is 6.09. The minimum atomic E-state index is 0.581. The fraction of sp³-hybridized carbons (Fsp3) is 0.455. The summed E-state index contributed by atoms with van der Waals surface area (Å²) in [6.45, 7) is 6.37. The first-order valence-electron chi connectivity index (χ1n) is 10.4. The van der Waals surface area contributed by atoms with Crippen LogP contribution in [-0.4, -0.2) is 40.7 Å². The van der Waals surface area contributed by atoms with E-state index >= 15 is 0 Å². The summed E-state index contributed by atoms with van der Waals surface area (Å²) in [5.74, 6) is 0.666. The van der Waals surface area contributed by atoms with Crippen molar-refractivity contribution in [3.8, 4) is 0 Å². The normalized spacial score (nSPS) is 18.1. The van der Waals surface area contributed by atoms with Crippen LogP contribution in [-0.2, 0) is 0 Å². The van der Waals surface area contributed by atoms with Crippen LogP contribution in [0.2, 0.25) is 0 Å². The van der Waals surface area contributed by atoms with Crippen molar-refractivity contribution in [2.45, 2.75) is 38.6 Å². The largest absolute Gasteiger partial charge is 0.369 e. The highest BCUT2D eigenvalue weighted by molar-refractivity contribution is 5.81. The van der Waals surface area contributed by atoms with Crippen molar-refractivity contribution in [1.82, 2.24) is 19.9 Å². The first-order valence-corrected chi connectivity index (χ1v) is 10.4. The second kappa shape index (κ2) is 7.43. The van der Waals surface area contributed by atoms with Crippen LogP contribution in [0.4, 0.5) is 17.3 Å². The zero-order chi connectivity index (χ0) is 18.9. The summed E-state index contributed by atoms with van der Waals surface area (Å²) in [6.07, 6.45) is 9.35. The molecular weight excluding hydrogens is 348 g/mol. The van der Waals surface area contributed by atoms with E-state index in [1.54, 1.807) is 0 Å². The number of hydrogen-bond acceptors (Lipinski definition) is 5. The van der Waals surface area contributed by atoms with Gasteiger partial charge in [-0.05, 0) is 49.6 Å². The number of aromatic nitrogens is 3. The number of anilines is 3. The maximum absolute atomic E-state index is 4.87. The molecule has 2 aliphatic rings. The zero-order valence-corrected chi connectivity index (χ0v) is 16.5. The molecule has 3 aromatic rings. The molecule has 28 heavy (non-hydrogen) atoms. The van der Waals surface area contributed by atoms with Gasteiger partial charge in [-0.3, -0.25) is 0 Å². The molecule has 1 saturated carbocycles. The molecule has 1 saturated heterocycles. The molecule has 146 valence electrons. The summed E-state index contributed by atoms with van der Waals surface area (Å²) in [6, 6.07) is 9.17. The van der Waals surface area contributed by atoms with E-state index in [0.29, 0.717) is 12.0 Å². The van der Waals surface area contributed by atoms with E-state index in [1.165, 1.54) is 36.9 Å². The first kappa shape index (κ1) is 17.5. The summed E-state index contributed by atoms with van der Waals surface area (Å²) < 4.78 is 2.37. The molecule has 0 bridgehead atoms. The van der Waals surface area contributed by atoms with Crippen LogP contribution in [0.5, 0.6) is 0 Å². The number of piperazine rings is 1. The lowest BCUT2D eigenvalue weighted by atomic mass is 10.2. The Labute approximate surface area is 166 Å². The van der Waals surface area contributed by atoms with Gasteiger partial charge in [-0.25, -0.2) is 4.98 Å².